The predicted octanol–water partition coefficient (Wildman–Crippen LogP) is 3.75. The van der Waals surface area contributed by atoms with E-state index in [1.807, 2.05) is 66.4 Å². The van der Waals surface area contributed by atoms with Crippen molar-refractivity contribution in [3.05, 3.63) is 58.2 Å². The van der Waals surface area contributed by atoms with Crippen molar-refractivity contribution in [1.29, 1.82) is 0 Å². The standard InChI is InChI=1S/C22H22N4O3S/c1-3-23-22-26(24-12-15-5-8-17(9-6-15)28-4-2)19(14-30-22)16-7-10-20-18(11-16)25-21(27)13-29-20/h5-12,14H,3-4,13H2,1-2H3,(H,25,27). The summed E-state index contributed by atoms with van der Waals surface area (Å²) in [5.41, 5.74) is 3.41. The van der Waals surface area contributed by atoms with Gasteiger partial charge in [0, 0.05) is 17.5 Å². The summed E-state index contributed by atoms with van der Waals surface area (Å²) in [4.78, 5) is 17.0. The van der Waals surface area contributed by atoms with Gasteiger partial charge in [0.25, 0.3) is 5.91 Å². The highest BCUT2D eigenvalue weighted by molar-refractivity contribution is 7.07. The lowest BCUT2D eigenvalue weighted by Gasteiger charge is -2.18. The minimum atomic E-state index is -0.159. The summed E-state index contributed by atoms with van der Waals surface area (Å²) in [5.74, 6) is 1.34. The molecule has 8 heteroatoms. The molecule has 7 nitrogen and oxygen atoms in total. The minimum absolute atomic E-state index is 0.0384. The molecule has 0 spiro atoms. The molecule has 1 amide bonds. The first-order valence-corrected chi connectivity index (χ1v) is 10.6. The second-order valence-electron chi connectivity index (χ2n) is 6.48. The van der Waals surface area contributed by atoms with Gasteiger partial charge in [-0.25, -0.2) is 4.68 Å². The van der Waals surface area contributed by atoms with Crippen LogP contribution in [-0.2, 0) is 4.79 Å². The number of anilines is 1. The molecule has 0 fully saturated rings. The second-order valence-corrected chi connectivity index (χ2v) is 7.32. The van der Waals surface area contributed by atoms with E-state index < -0.39 is 0 Å². The van der Waals surface area contributed by atoms with Crippen molar-refractivity contribution in [2.24, 2.45) is 10.1 Å². The average Bonchev–Trinajstić information content (AvgIpc) is 3.16. The number of amides is 1. The van der Waals surface area contributed by atoms with Crippen molar-refractivity contribution in [3.8, 4) is 22.8 Å². The number of benzene rings is 2. The van der Waals surface area contributed by atoms with Crippen molar-refractivity contribution in [2.45, 2.75) is 13.8 Å². The van der Waals surface area contributed by atoms with Gasteiger partial charge in [0.15, 0.2) is 6.61 Å². The van der Waals surface area contributed by atoms with E-state index in [9.17, 15) is 4.79 Å². The van der Waals surface area contributed by atoms with Crippen molar-refractivity contribution in [3.63, 3.8) is 0 Å². The molecule has 1 aromatic heterocycles. The minimum Gasteiger partial charge on any atom is -0.494 e. The molecule has 2 aromatic carbocycles. The van der Waals surface area contributed by atoms with Gasteiger partial charge in [0.1, 0.15) is 11.5 Å². The first kappa shape index (κ1) is 19.9. The number of hydrogen-bond donors (Lipinski definition) is 1. The lowest BCUT2D eigenvalue weighted by molar-refractivity contribution is -0.118. The number of rotatable bonds is 6. The summed E-state index contributed by atoms with van der Waals surface area (Å²) in [6.45, 7) is 5.28. The fourth-order valence-electron chi connectivity index (χ4n) is 3.04. The summed E-state index contributed by atoms with van der Waals surface area (Å²) in [5, 5.41) is 9.55. The zero-order valence-electron chi connectivity index (χ0n) is 16.8. The number of ether oxygens (including phenoxy) is 2. The Balaban J connectivity index is 1.70. The Bertz CT molecular complexity index is 1150. The number of hydrogen-bond acceptors (Lipinski definition) is 6. The van der Waals surface area contributed by atoms with E-state index in [0.29, 0.717) is 24.6 Å². The number of carbonyl (C=O) groups excluding carboxylic acids is 1. The second kappa shape index (κ2) is 8.96. The zero-order valence-corrected chi connectivity index (χ0v) is 17.6. The number of aromatic nitrogens is 1. The molecule has 0 bridgehead atoms. The van der Waals surface area contributed by atoms with Crippen LogP contribution in [0.3, 0.4) is 0 Å². The van der Waals surface area contributed by atoms with Gasteiger partial charge in [-0.2, -0.15) is 5.10 Å². The molecule has 154 valence electrons. The third kappa shape index (κ3) is 4.28. The van der Waals surface area contributed by atoms with Crippen LogP contribution in [-0.4, -0.2) is 36.6 Å². The largest absolute Gasteiger partial charge is 0.494 e. The maximum atomic E-state index is 11.7. The molecule has 1 aliphatic rings. The molecule has 3 aromatic rings. The van der Waals surface area contributed by atoms with E-state index in [1.165, 1.54) is 11.3 Å². The Hall–Kier alpha value is -3.39. The van der Waals surface area contributed by atoms with Gasteiger partial charge < -0.3 is 14.8 Å². The van der Waals surface area contributed by atoms with E-state index in [0.717, 1.165) is 27.4 Å². The molecule has 0 saturated heterocycles. The highest BCUT2D eigenvalue weighted by Crippen LogP contribution is 2.32. The third-order valence-electron chi connectivity index (χ3n) is 4.40. The van der Waals surface area contributed by atoms with Crippen LogP contribution in [0.2, 0.25) is 0 Å². The molecule has 2 heterocycles. The van der Waals surface area contributed by atoms with Crippen LogP contribution in [0.4, 0.5) is 5.69 Å². The molecule has 0 radical (unpaired) electrons. The van der Waals surface area contributed by atoms with Gasteiger partial charge in [-0.3, -0.25) is 9.79 Å². The summed E-state index contributed by atoms with van der Waals surface area (Å²) in [6.07, 6.45) is 1.80. The van der Waals surface area contributed by atoms with Gasteiger partial charge in [0.05, 0.1) is 24.2 Å². The molecule has 0 unspecified atom stereocenters. The first-order chi connectivity index (χ1) is 14.7. The Labute approximate surface area is 178 Å². The molecule has 4 rings (SSSR count). The lowest BCUT2D eigenvalue weighted by Crippen LogP contribution is -2.25. The fraction of sp³-hybridized carbons (Fsp3) is 0.227. The van der Waals surface area contributed by atoms with E-state index in [2.05, 4.69) is 15.4 Å². The van der Waals surface area contributed by atoms with Gasteiger partial charge in [-0.1, -0.05) is 0 Å². The molecule has 0 atom stereocenters. The van der Waals surface area contributed by atoms with Crippen LogP contribution in [0.1, 0.15) is 19.4 Å². The van der Waals surface area contributed by atoms with Crippen LogP contribution >= 0.6 is 11.3 Å². The maximum Gasteiger partial charge on any atom is 0.262 e. The number of nitrogens with one attached hydrogen (secondary N) is 1. The van der Waals surface area contributed by atoms with Crippen LogP contribution in [0.15, 0.2) is 57.9 Å². The Morgan fingerprint density at radius 1 is 1.23 bits per heavy atom. The highest BCUT2D eigenvalue weighted by atomic mass is 32.1. The number of thiazole rings is 1. The Kier molecular flexibility index (Phi) is 5.94. The van der Waals surface area contributed by atoms with Crippen LogP contribution in [0, 0.1) is 0 Å². The monoisotopic (exact) mass is 422 g/mol. The van der Waals surface area contributed by atoms with E-state index >= 15 is 0 Å². The molecular formula is C22H22N4O3S. The Morgan fingerprint density at radius 3 is 2.83 bits per heavy atom. The zero-order chi connectivity index (χ0) is 20.9. The molecule has 0 aliphatic carbocycles. The lowest BCUT2D eigenvalue weighted by atomic mass is 10.1. The highest BCUT2D eigenvalue weighted by Gasteiger charge is 2.17. The first-order valence-electron chi connectivity index (χ1n) is 9.73. The molecular weight excluding hydrogens is 400 g/mol. The smallest absolute Gasteiger partial charge is 0.262 e. The van der Waals surface area contributed by atoms with Crippen LogP contribution in [0.25, 0.3) is 11.3 Å². The van der Waals surface area contributed by atoms with Crippen LogP contribution < -0.4 is 19.6 Å². The van der Waals surface area contributed by atoms with Crippen LogP contribution in [0.5, 0.6) is 11.5 Å². The van der Waals surface area contributed by atoms with E-state index in [-0.39, 0.29) is 12.5 Å². The van der Waals surface area contributed by atoms with E-state index in [4.69, 9.17) is 9.47 Å². The number of fused-ring (bicyclic) bond motifs is 1. The summed E-state index contributed by atoms with van der Waals surface area (Å²) in [6, 6.07) is 13.5. The van der Waals surface area contributed by atoms with Crippen molar-refractivity contribution >= 4 is 29.1 Å². The van der Waals surface area contributed by atoms with Gasteiger partial charge in [-0.15, -0.1) is 11.3 Å². The van der Waals surface area contributed by atoms with Crippen molar-refractivity contribution in [1.82, 2.24) is 4.68 Å². The summed E-state index contributed by atoms with van der Waals surface area (Å²) < 4.78 is 12.8. The number of carbonyl (C=O) groups is 1. The van der Waals surface area contributed by atoms with Crippen molar-refractivity contribution in [2.75, 3.05) is 25.1 Å². The molecule has 1 N–H and O–H groups in total. The van der Waals surface area contributed by atoms with Gasteiger partial charge >= 0.3 is 0 Å². The van der Waals surface area contributed by atoms with Gasteiger partial charge in [-0.05, 0) is 61.9 Å². The van der Waals surface area contributed by atoms with Gasteiger partial charge in [0.2, 0.25) is 4.80 Å². The normalized spacial score (nSPS) is 13.8. The fourth-order valence-corrected chi connectivity index (χ4v) is 3.94. The molecule has 1 aliphatic heterocycles. The SMILES string of the molecule is CCN=c1scc(-c2ccc3c(c2)NC(=O)CO3)n1N=Cc1ccc(OCC)cc1. The summed E-state index contributed by atoms with van der Waals surface area (Å²) in [7, 11) is 0. The number of nitrogens with zero attached hydrogens (tertiary/aromatic N) is 3. The quantitative estimate of drug-likeness (QED) is 0.615. The maximum absolute atomic E-state index is 11.7. The Morgan fingerprint density at radius 2 is 2.07 bits per heavy atom. The van der Waals surface area contributed by atoms with E-state index in [1.54, 1.807) is 6.21 Å². The summed E-state index contributed by atoms with van der Waals surface area (Å²) >= 11 is 1.52. The topological polar surface area (TPSA) is 77.2 Å². The predicted molar refractivity (Wildman–Crippen MR) is 119 cm³/mol. The molecule has 0 saturated carbocycles. The molecule has 30 heavy (non-hydrogen) atoms. The average molecular weight is 423 g/mol. The van der Waals surface area contributed by atoms with Crippen molar-refractivity contribution < 1.29 is 14.3 Å². The third-order valence-corrected chi connectivity index (χ3v) is 5.25.